The van der Waals surface area contributed by atoms with E-state index >= 15 is 0 Å². The Bertz CT molecular complexity index is 538. The molecule has 4 N–H and O–H groups in total. The summed E-state index contributed by atoms with van der Waals surface area (Å²) in [5, 5.41) is 38.7. The van der Waals surface area contributed by atoms with Crippen molar-refractivity contribution in [3.8, 4) is 0 Å². The van der Waals surface area contributed by atoms with Gasteiger partial charge in [-0.15, -0.1) is 0 Å². The molecule has 0 aliphatic carbocycles. The smallest absolute Gasteiger partial charge is 0.337 e. The maximum atomic E-state index is 11.3. The lowest BCUT2D eigenvalue weighted by Crippen LogP contribution is -2.61. The first-order valence-electron chi connectivity index (χ1n) is 9.43. The lowest BCUT2D eigenvalue weighted by molar-refractivity contribution is -0.289. The summed E-state index contributed by atoms with van der Waals surface area (Å²) >= 11 is 0. The number of methoxy groups -OCH3 is 6. The molecule has 2 heterocycles. The predicted molar refractivity (Wildman–Crippen MR) is 101 cm³/mol. The highest BCUT2D eigenvalue weighted by atomic mass is 16.7. The molecule has 2 fully saturated rings. The summed E-state index contributed by atoms with van der Waals surface area (Å²) in [5.74, 6) is -1.55. The van der Waals surface area contributed by atoms with E-state index in [0.29, 0.717) is 0 Å². The average Bonchev–Trinajstić information content (AvgIpc) is 2.80. The van der Waals surface area contributed by atoms with Crippen molar-refractivity contribution in [1.82, 2.24) is 0 Å². The molecule has 0 saturated carbocycles. The molecule has 188 valence electrons. The van der Waals surface area contributed by atoms with E-state index in [0.717, 1.165) is 14.2 Å². The van der Waals surface area contributed by atoms with Gasteiger partial charge >= 0.3 is 11.9 Å². The number of esters is 2. The van der Waals surface area contributed by atoms with Crippen molar-refractivity contribution in [2.24, 2.45) is 0 Å². The molecule has 2 saturated heterocycles. The Morgan fingerprint density at radius 3 is 1.06 bits per heavy atom. The number of hydrogen-bond acceptors (Lipinski definition) is 14. The molecule has 0 amide bonds. The average molecular weight is 472 g/mol. The number of ether oxygens (including phenoxy) is 8. The van der Waals surface area contributed by atoms with Crippen molar-refractivity contribution in [3.05, 3.63) is 0 Å². The molecule has 4 unspecified atom stereocenters. The quantitative estimate of drug-likeness (QED) is 0.279. The Labute approximate surface area is 184 Å². The predicted octanol–water partition coefficient (Wildman–Crippen LogP) is -3.46. The Morgan fingerprint density at radius 2 is 0.844 bits per heavy atom. The molecule has 32 heavy (non-hydrogen) atoms. The molecule has 0 bridgehead atoms. The topological polar surface area (TPSA) is 189 Å². The Balaban J connectivity index is 0.000000320. The second-order valence-corrected chi connectivity index (χ2v) is 6.72. The molecule has 0 aromatic carbocycles. The number of hydrogen-bond donors (Lipinski definition) is 4. The van der Waals surface area contributed by atoms with Gasteiger partial charge in [-0.3, -0.25) is 0 Å². The number of carbonyl (C=O) groups excluding carboxylic acids is 2. The highest BCUT2D eigenvalue weighted by Crippen LogP contribution is 2.25. The van der Waals surface area contributed by atoms with Crippen LogP contribution < -0.4 is 0 Å². The fraction of sp³-hybridized carbons (Fsp3) is 0.889. The number of aliphatic hydroxyl groups excluding tert-OH is 4. The van der Waals surface area contributed by atoms with E-state index in [1.807, 2.05) is 0 Å². The number of carbonyl (C=O) groups is 2. The Morgan fingerprint density at radius 1 is 0.562 bits per heavy atom. The van der Waals surface area contributed by atoms with Gasteiger partial charge in [-0.2, -0.15) is 0 Å². The first kappa shape index (κ1) is 28.6. The Kier molecular flexibility index (Phi) is 11.9. The van der Waals surface area contributed by atoms with Crippen LogP contribution in [0.1, 0.15) is 0 Å². The lowest BCUT2D eigenvalue weighted by Gasteiger charge is -2.40. The second kappa shape index (κ2) is 13.3. The number of rotatable bonds is 6. The third kappa shape index (κ3) is 6.32. The summed E-state index contributed by atoms with van der Waals surface area (Å²) in [4.78, 5) is 22.5. The molecular formula is C18H32O14. The first-order chi connectivity index (χ1) is 15.1. The van der Waals surface area contributed by atoms with Crippen LogP contribution in [0.15, 0.2) is 0 Å². The molecule has 0 aromatic rings. The van der Waals surface area contributed by atoms with Gasteiger partial charge in [-0.1, -0.05) is 0 Å². The standard InChI is InChI=1S/2C9H16O7/c2*1-13-5-4(10)6(8(11)15-3)16-9(12)7(5)14-2/h2*4-7,9-10,12H,1-3H3/t4-,5?,6+,7?,9+;4-,5-,6?,7?,9+/m00/s1. The van der Waals surface area contributed by atoms with Gasteiger partial charge in [0.25, 0.3) is 0 Å². The highest BCUT2D eigenvalue weighted by molar-refractivity contribution is 5.76. The monoisotopic (exact) mass is 472 g/mol. The van der Waals surface area contributed by atoms with Gasteiger partial charge in [0.15, 0.2) is 24.8 Å². The largest absolute Gasteiger partial charge is 0.467 e. The van der Waals surface area contributed by atoms with Crippen molar-refractivity contribution in [2.45, 2.75) is 61.4 Å². The third-order valence-corrected chi connectivity index (χ3v) is 5.03. The molecule has 0 radical (unpaired) electrons. The first-order valence-corrected chi connectivity index (χ1v) is 9.43. The third-order valence-electron chi connectivity index (χ3n) is 5.03. The van der Waals surface area contributed by atoms with Crippen LogP contribution in [0.4, 0.5) is 0 Å². The lowest BCUT2D eigenvalue weighted by atomic mass is 9.98. The van der Waals surface area contributed by atoms with Crippen molar-refractivity contribution < 1.29 is 67.9 Å². The van der Waals surface area contributed by atoms with Crippen molar-refractivity contribution in [3.63, 3.8) is 0 Å². The van der Waals surface area contributed by atoms with E-state index in [4.69, 9.17) is 28.4 Å². The van der Waals surface area contributed by atoms with Crippen molar-refractivity contribution in [1.29, 1.82) is 0 Å². The zero-order valence-electron chi connectivity index (χ0n) is 18.6. The van der Waals surface area contributed by atoms with Gasteiger partial charge in [0.2, 0.25) is 0 Å². The van der Waals surface area contributed by atoms with Crippen LogP contribution in [-0.4, -0.2) is 136 Å². The minimum Gasteiger partial charge on any atom is -0.467 e. The second-order valence-electron chi connectivity index (χ2n) is 6.72. The molecule has 2 rings (SSSR count). The van der Waals surface area contributed by atoms with E-state index in [1.54, 1.807) is 0 Å². The molecular weight excluding hydrogens is 440 g/mol. The van der Waals surface area contributed by atoms with Crippen molar-refractivity contribution >= 4 is 11.9 Å². The van der Waals surface area contributed by atoms with Crippen LogP contribution in [0.25, 0.3) is 0 Å². The van der Waals surface area contributed by atoms with Crippen LogP contribution >= 0.6 is 0 Å². The zero-order valence-corrected chi connectivity index (χ0v) is 18.6. The zero-order chi connectivity index (χ0) is 24.6. The molecule has 2 aliphatic rings. The SMILES string of the molecule is COC(=O)C1O[C@@H](O)C(OC)[C@@H](OC)[C@@H]1O.COC(=O)[C@@H]1O[C@@H](O)C(OC)C(OC)[C@@H]1O. The van der Waals surface area contributed by atoms with Gasteiger partial charge in [0, 0.05) is 28.4 Å². The summed E-state index contributed by atoms with van der Waals surface area (Å²) < 4.78 is 38.5. The maximum absolute atomic E-state index is 11.3. The van der Waals surface area contributed by atoms with Gasteiger partial charge in [-0.25, -0.2) is 9.59 Å². The van der Waals surface area contributed by atoms with Crippen LogP contribution in [0, 0.1) is 0 Å². The summed E-state index contributed by atoms with van der Waals surface area (Å²) in [6.45, 7) is 0. The summed E-state index contributed by atoms with van der Waals surface area (Å²) in [6.07, 6.45) is -11.2. The minimum atomic E-state index is -1.36. The molecule has 14 nitrogen and oxygen atoms in total. The van der Waals surface area contributed by atoms with Crippen LogP contribution in [0.5, 0.6) is 0 Å². The van der Waals surface area contributed by atoms with E-state index in [1.165, 1.54) is 28.4 Å². The van der Waals surface area contributed by atoms with E-state index in [2.05, 4.69) is 9.47 Å². The number of aliphatic hydroxyl groups is 4. The fourth-order valence-electron chi connectivity index (χ4n) is 3.34. The maximum Gasteiger partial charge on any atom is 0.337 e. The minimum absolute atomic E-state index is 0.775. The van der Waals surface area contributed by atoms with E-state index < -0.39 is 73.4 Å². The summed E-state index contributed by atoms with van der Waals surface area (Å²) in [7, 11) is 7.69. The van der Waals surface area contributed by atoms with Gasteiger partial charge in [-0.05, 0) is 0 Å². The van der Waals surface area contributed by atoms with Crippen LogP contribution in [-0.2, 0) is 47.5 Å². The normalized spacial score (nSPS) is 39.4. The van der Waals surface area contributed by atoms with Crippen LogP contribution in [0.3, 0.4) is 0 Å². The van der Waals surface area contributed by atoms with Crippen molar-refractivity contribution in [2.75, 3.05) is 42.7 Å². The summed E-state index contributed by atoms with van der Waals surface area (Å²) in [5.41, 5.74) is 0. The van der Waals surface area contributed by atoms with Gasteiger partial charge < -0.3 is 58.3 Å². The molecule has 14 heteroatoms. The molecule has 0 spiro atoms. The Hall–Kier alpha value is -1.46. The highest BCUT2D eigenvalue weighted by Gasteiger charge is 2.49. The van der Waals surface area contributed by atoms with Gasteiger partial charge in [0.05, 0.1) is 14.2 Å². The molecule has 2 aliphatic heterocycles. The molecule has 0 aromatic heterocycles. The fourth-order valence-corrected chi connectivity index (χ4v) is 3.34. The molecule has 10 atom stereocenters. The van der Waals surface area contributed by atoms with Gasteiger partial charge in [0.1, 0.15) is 36.6 Å². The van der Waals surface area contributed by atoms with E-state index in [9.17, 15) is 30.0 Å². The van der Waals surface area contributed by atoms with E-state index in [-0.39, 0.29) is 0 Å². The van der Waals surface area contributed by atoms with Crippen LogP contribution in [0.2, 0.25) is 0 Å². The summed E-state index contributed by atoms with van der Waals surface area (Å²) in [6, 6.07) is 0.